The number of hydrogen-bond donors (Lipinski definition) is 1. The van der Waals surface area contributed by atoms with Gasteiger partial charge in [0.2, 0.25) is 0 Å². The Hall–Kier alpha value is -1.09. The van der Waals surface area contributed by atoms with Crippen LogP contribution < -0.4 is 10.2 Å². The highest BCUT2D eigenvalue weighted by Crippen LogP contribution is 2.31. The minimum absolute atomic E-state index is 0.769. The van der Waals surface area contributed by atoms with Gasteiger partial charge in [-0.25, -0.2) is 4.98 Å². The average Bonchev–Trinajstić information content (AvgIpc) is 3.37. The molecule has 2 aliphatic rings. The van der Waals surface area contributed by atoms with Crippen molar-refractivity contribution < 1.29 is 0 Å². The van der Waals surface area contributed by atoms with E-state index in [9.17, 15) is 0 Å². The molecule has 1 aromatic heterocycles. The lowest BCUT2D eigenvalue weighted by Gasteiger charge is -2.23. The van der Waals surface area contributed by atoms with Crippen molar-refractivity contribution in [1.29, 1.82) is 0 Å². The average molecular weight is 273 g/mol. The Kier molecular flexibility index (Phi) is 4.25. The molecule has 0 aromatic carbocycles. The predicted molar refractivity (Wildman–Crippen MR) is 84.1 cm³/mol. The second-order valence-electron chi connectivity index (χ2n) is 6.32. The molecule has 0 atom stereocenters. The topological polar surface area (TPSA) is 28.2 Å². The molecule has 1 aromatic rings. The minimum Gasteiger partial charge on any atom is -0.357 e. The van der Waals surface area contributed by atoms with Crippen LogP contribution >= 0.6 is 0 Å². The largest absolute Gasteiger partial charge is 0.357 e. The smallest absolute Gasteiger partial charge is 0.129 e. The van der Waals surface area contributed by atoms with Crippen LogP contribution in [0.25, 0.3) is 0 Å². The van der Waals surface area contributed by atoms with E-state index in [0.717, 1.165) is 31.5 Å². The zero-order valence-corrected chi connectivity index (χ0v) is 12.9. The lowest BCUT2D eigenvalue weighted by Crippen LogP contribution is -2.27. The molecule has 0 amide bonds. The summed E-state index contributed by atoms with van der Waals surface area (Å²) in [6.07, 6.45) is 6.52. The summed E-state index contributed by atoms with van der Waals surface area (Å²) in [7, 11) is 0. The Bertz CT molecular complexity index is 450. The number of nitrogens with one attached hydrogen (secondary N) is 1. The van der Waals surface area contributed by atoms with Crippen LogP contribution in [-0.4, -0.2) is 24.1 Å². The highest BCUT2D eigenvalue weighted by Gasteiger charge is 2.25. The van der Waals surface area contributed by atoms with Gasteiger partial charge < -0.3 is 10.2 Å². The predicted octanol–water partition coefficient (Wildman–Crippen LogP) is 3.13. The van der Waals surface area contributed by atoms with Crippen molar-refractivity contribution in [2.75, 3.05) is 18.0 Å². The molecular weight excluding hydrogens is 246 g/mol. The number of aromatic nitrogens is 1. The summed E-state index contributed by atoms with van der Waals surface area (Å²) in [4.78, 5) is 7.30. The van der Waals surface area contributed by atoms with Gasteiger partial charge in [0.05, 0.1) is 0 Å². The molecule has 3 nitrogen and oxygen atoms in total. The van der Waals surface area contributed by atoms with Crippen LogP contribution in [0.3, 0.4) is 0 Å². The summed E-state index contributed by atoms with van der Waals surface area (Å²) >= 11 is 0. The lowest BCUT2D eigenvalue weighted by molar-refractivity contribution is 0.682. The molecule has 20 heavy (non-hydrogen) atoms. The molecule has 0 unspecified atom stereocenters. The van der Waals surface area contributed by atoms with E-state index in [1.165, 1.54) is 49.3 Å². The van der Waals surface area contributed by atoms with Gasteiger partial charge in [0.15, 0.2) is 0 Å². The fraction of sp³-hybridized carbons (Fsp3) is 0.706. The molecule has 110 valence electrons. The molecule has 1 N–H and O–H groups in total. The van der Waals surface area contributed by atoms with Gasteiger partial charge in [0, 0.05) is 31.4 Å². The number of hydrogen-bond acceptors (Lipinski definition) is 3. The maximum atomic E-state index is 4.84. The van der Waals surface area contributed by atoms with Crippen molar-refractivity contribution in [2.45, 2.75) is 58.5 Å². The van der Waals surface area contributed by atoms with Crippen molar-refractivity contribution in [3.63, 3.8) is 0 Å². The first-order chi connectivity index (χ1) is 9.78. The van der Waals surface area contributed by atoms with E-state index in [0.29, 0.717) is 0 Å². The van der Waals surface area contributed by atoms with Gasteiger partial charge in [-0.2, -0.15) is 0 Å². The van der Waals surface area contributed by atoms with Crippen LogP contribution in [0.5, 0.6) is 0 Å². The first-order valence-electron chi connectivity index (χ1n) is 8.26. The first kappa shape index (κ1) is 13.9. The SMILES string of the molecule is CCc1cc(CNC2CC2)cc(N(CC)CC2CC2)n1. The summed E-state index contributed by atoms with van der Waals surface area (Å²) in [6, 6.07) is 5.33. The van der Waals surface area contributed by atoms with Crippen molar-refractivity contribution in [3.8, 4) is 0 Å². The molecule has 2 saturated carbocycles. The van der Waals surface area contributed by atoms with E-state index in [1.54, 1.807) is 0 Å². The molecule has 0 saturated heterocycles. The zero-order valence-electron chi connectivity index (χ0n) is 12.9. The van der Waals surface area contributed by atoms with E-state index in [1.807, 2.05) is 0 Å². The lowest BCUT2D eigenvalue weighted by atomic mass is 10.2. The molecule has 0 bridgehead atoms. The monoisotopic (exact) mass is 273 g/mol. The normalized spacial score (nSPS) is 18.3. The van der Waals surface area contributed by atoms with Crippen LogP contribution in [0, 0.1) is 5.92 Å². The maximum Gasteiger partial charge on any atom is 0.129 e. The molecule has 0 spiro atoms. The second-order valence-corrected chi connectivity index (χ2v) is 6.32. The summed E-state index contributed by atoms with van der Waals surface area (Å²) < 4.78 is 0. The van der Waals surface area contributed by atoms with E-state index >= 15 is 0 Å². The number of nitrogens with zero attached hydrogens (tertiary/aromatic N) is 2. The van der Waals surface area contributed by atoms with E-state index in [-0.39, 0.29) is 0 Å². The van der Waals surface area contributed by atoms with Crippen LogP contribution in [-0.2, 0) is 13.0 Å². The summed E-state index contributed by atoms with van der Waals surface area (Å²) in [6.45, 7) is 7.68. The fourth-order valence-corrected chi connectivity index (χ4v) is 2.62. The Balaban J connectivity index is 1.73. The van der Waals surface area contributed by atoms with Crippen LogP contribution in [0.4, 0.5) is 5.82 Å². The molecule has 3 heteroatoms. The van der Waals surface area contributed by atoms with E-state index in [4.69, 9.17) is 4.98 Å². The van der Waals surface area contributed by atoms with Gasteiger partial charge in [-0.05, 0) is 62.6 Å². The Morgan fingerprint density at radius 2 is 2.00 bits per heavy atom. The van der Waals surface area contributed by atoms with Gasteiger partial charge in [0.25, 0.3) is 0 Å². The van der Waals surface area contributed by atoms with Crippen molar-refractivity contribution in [1.82, 2.24) is 10.3 Å². The number of pyridine rings is 1. The van der Waals surface area contributed by atoms with Crippen LogP contribution in [0.1, 0.15) is 50.8 Å². The number of aryl methyl sites for hydroxylation is 1. The molecule has 2 fully saturated rings. The summed E-state index contributed by atoms with van der Waals surface area (Å²) in [5.41, 5.74) is 2.62. The third-order valence-corrected chi connectivity index (χ3v) is 4.34. The highest BCUT2D eigenvalue weighted by atomic mass is 15.2. The summed E-state index contributed by atoms with van der Waals surface area (Å²) in [5, 5.41) is 3.62. The van der Waals surface area contributed by atoms with Gasteiger partial charge in [0.1, 0.15) is 5.82 Å². The zero-order chi connectivity index (χ0) is 13.9. The maximum absolute atomic E-state index is 4.84. The molecule has 2 aliphatic carbocycles. The summed E-state index contributed by atoms with van der Waals surface area (Å²) in [5.74, 6) is 2.10. The Labute approximate surface area is 122 Å². The van der Waals surface area contributed by atoms with Crippen molar-refractivity contribution in [2.24, 2.45) is 5.92 Å². The van der Waals surface area contributed by atoms with Gasteiger partial charge >= 0.3 is 0 Å². The quantitative estimate of drug-likeness (QED) is 0.788. The highest BCUT2D eigenvalue weighted by molar-refractivity contribution is 5.43. The molecule has 3 rings (SSSR count). The van der Waals surface area contributed by atoms with Crippen molar-refractivity contribution in [3.05, 3.63) is 23.4 Å². The van der Waals surface area contributed by atoms with Crippen molar-refractivity contribution >= 4 is 5.82 Å². The second kappa shape index (κ2) is 6.13. The molecular formula is C17H27N3. The molecule has 0 aliphatic heterocycles. The van der Waals surface area contributed by atoms with E-state index in [2.05, 4.69) is 36.2 Å². The molecule has 0 radical (unpaired) electrons. The Morgan fingerprint density at radius 3 is 2.60 bits per heavy atom. The Morgan fingerprint density at radius 1 is 1.20 bits per heavy atom. The fourth-order valence-electron chi connectivity index (χ4n) is 2.62. The standard InChI is InChI=1S/C17H27N3/c1-3-15-9-14(11-18-16-7-8-16)10-17(19-15)20(4-2)12-13-5-6-13/h9-10,13,16,18H,3-8,11-12H2,1-2H3. The third-order valence-electron chi connectivity index (χ3n) is 4.34. The van der Waals surface area contributed by atoms with Gasteiger partial charge in [-0.15, -0.1) is 0 Å². The van der Waals surface area contributed by atoms with Crippen LogP contribution in [0.2, 0.25) is 0 Å². The van der Waals surface area contributed by atoms with Crippen LogP contribution in [0.15, 0.2) is 12.1 Å². The molecule has 1 heterocycles. The number of anilines is 1. The van der Waals surface area contributed by atoms with Gasteiger partial charge in [-0.3, -0.25) is 0 Å². The number of rotatable bonds is 8. The third kappa shape index (κ3) is 3.72. The van der Waals surface area contributed by atoms with E-state index < -0.39 is 0 Å². The minimum atomic E-state index is 0.769. The van der Waals surface area contributed by atoms with Gasteiger partial charge in [-0.1, -0.05) is 6.92 Å². The first-order valence-corrected chi connectivity index (χ1v) is 8.26.